The summed E-state index contributed by atoms with van der Waals surface area (Å²) in [4.78, 5) is 23.6. The van der Waals surface area contributed by atoms with Crippen molar-refractivity contribution < 1.29 is 19.1 Å². The van der Waals surface area contributed by atoms with Gasteiger partial charge in [0.1, 0.15) is 5.75 Å². The zero-order valence-electron chi connectivity index (χ0n) is 12.1. The van der Waals surface area contributed by atoms with Gasteiger partial charge < -0.3 is 14.8 Å². The quantitative estimate of drug-likeness (QED) is 0.776. The number of methoxy groups -OCH3 is 1. The van der Waals surface area contributed by atoms with Crippen molar-refractivity contribution in [3.8, 4) is 5.75 Å². The van der Waals surface area contributed by atoms with Crippen LogP contribution in [0.2, 0.25) is 5.02 Å². The lowest BCUT2D eigenvalue weighted by molar-refractivity contribution is -0.118. The lowest BCUT2D eigenvalue weighted by Crippen LogP contribution is -2.21. The minimum Gasteiger partial charge on any atom is -0.482 e. The topological polar surface area (TPSA) is 64.6 Å². The minimum absolute atomic E-state index is 0.239. The second kappa shape index (κ2) is 7.99. The molecule has 2 rings (SSSR count). The van der Waals surface area contributed by atoms with Gasteiger partial charge in [0.25, 0.3) is 5.91 Å². The molecule has 0 aromatic heterocycles. The molecule has 0 aliphatic heterocycles. The molecule has 1 amide bonds. The maximum absolute atomic E-state index is 12.0. The molecule has 1 N–H and O–H groups in total. The molecular formula is C16H13BrClNO4. The summed E-state index contributed by atoms with van der Waals surface area (Å²) in [6.45, 7) is -0.239. The van der Waals surface area contributed by atoms with Gasteiger partial charge in [-0.25, -0.2) is 4.79 Å². The van der Waals surface area contributed by atoms with Crippen LogP contribution in [0.25, 0.3) is 0 Å². The fraction of sp³-hybridized carbons (Fsp3) is 0.125. The van der Waals surface area contributed by atoms with Crippen LogP contribution in [0.1, 0.15) is 10.4 Å². The van der Waals surface area contributed by atoms with Gasteiger partial charge in [-0.2, -0.15) is 0 Å². The summed E-state index contributed by atoms with van der Waals surface area (Å²) in [5, 5.41) is 3.00. The molecule has 0 radical (unpaired) electrons. The molecule has 2 aromatic carbocycles. The van der Waals surface area contributed by atoms with Gasteiger partial charge in [0, 0.05) is 4.47 Å². The highest BCUT2D eigenvalue weighted by molar-refractivity contribution is 9.10. The predicted molar refractivity (Wildman–Crippen MR) is 91.1 cm³/mol. The van der Waals surface area contributed by atoms with Crippen molar-refractivity contribution in [2.75, 3.05) is 19.0 Å². The third kappa shape index (κ3) is 4.71. The molecule has 0 bridgehead atoms. The molecule has 0 aliphatic rings. The maximum atomic E-state index is 12.0. The van der Waals surface area contributed by atoms with Crippen LogP contribution >= 0.6 is 27.5 Å². The van der Waals surface area contributed by atoms with Gasteiger partial charge in [-0.3, -0.25) is 4.79 Å². The van der Waals surface area contributed by atoms with E-state index in [2.05, 4.69) is 26.0 Å². The Hall–Kier alpha value is -2.05. The molecule has 2 aromatic rings. The fourth-order valence-corrected chi connectivity index (χ4v) is 2.53. The lowest BCUT2D eigenvalue weighted by atomic mass is 10.2. The standard InChI is InChI=1S/C16H13BrClNO4/c1-22-16(21)11-4-2-3-5-13(11)19-15(20)9-23-14-7-6-10(17)8-12(14)18/h2-8H,9H2,1H3,(H,19,20). The number of carbonyl (C=O) groups excluding carboxylic acids is 2. The number of rotatable bonds is 5. The van der Waals surface area contributed by atoms with Crippen molar-refractivity contribution in [2.24, 2.45) is 0 Å². The van der Waals surface area contributed by atoms with E-state index in [-0.39, 0.29) is 12.2 Å². The molecule has 23 heavy (non-hydrogen) atoms. The first-order valence-corrected chi connectivity index (χ1v) is 7.73. The first-order valence-electron chi connectivity index (χ1n) is 6.56. The second-order valence-corrected chi connectivity index (χ2v) is 5.77. The molecule has 0 saturated heterocycles. The van der Waals surface area contributed by atoms with Crippen molar-refractivity contribution >= 4 is 45.1 Å². The first-order chi connectivity index (χ1) is 11.0. The van der Waals surface area contributed by atoms with Crippen molar-refractivity contribution in [1.29, 1.82) is 0 Å². The molecule has 0 atom stereocenters. The molecule has 0 heterocycles. The number of hydrogen-bond acceptors (Lipinski definition) is 4. The Morgan fingerprint density at radius 2 is 1.96 bits per heavy atom. The lowest BCUT2D eigenvalue weighted by Gasteiger charge is -2.11. The monoisotopic (exact) mass is 397 g/mol. The number of para-hydroxylation sites is 1. The van der Waals surface area contributed by atoms with E-state index in [9.17, 15) is 9.59 Å². The highest BCUT2D eigenvalue weighted by atomic mass is 79.9. The molecule has 7 heteroatoms. The van der Waals surface area contributed by atoms with Gasteiger partial charge in [0.2, 0.25) is 0 Å². The van der Waals surface area contributed by atoms with E-state index in [0.29, 0.717) is 16.5 Å². The van der Waals surface area contributed by atoms with Crippen molar-refractivity contribution in [2.45, 2.75) is 0 Å². The Morgan fingerprint density at radius 1 is 1.22 bits per heavy atom. The van der Waals surface area contributed by atoms with E-state index in [1.54, 1.807) is 42.5 Å². The Morgan fingerprint density at radius 3 is 2.65 bits per heavy atom. The smallest absolute Gasteiger partial charge is 0.339 e. The van der Waals surface area contributed by atoms with Crippen LogP contribution in [0.4, 0.5) is 5.69 Å². The maximum Gasteiger partial charge on any atom is 0.339 e. The van der Waals surface area contributed by atoms with Crippen LogP contribution in [0.5, 0.6) is 5.75 Å². The molecule has 0 unspecified atom stereocenters. The number of nitrogens with one attached hydrogen (secondary N) is 1. The fourth-order valence-electron chi connectivity index (χ4n) is 1.80. The van der Waals surface area contributed by atoms with Gasteiger partial charge >= 0.3 is 5.97 Å². The minimum atomic E-state index is -0.530. The number of carbonyl (C=O) groups is 2. The van der Waals surface area contributed by atoms with E-state index >= 15 is 0 Å². The highest BCUT2D eigenvalue weighted by Gasteiger charge is 2.14. The normalized spacial score (nSPS) is 10.0. The Kier molecular flexibility index (Phi) is 6.01. The average molecular weight is 399 g/mol. The molecule has 0 saturated carbocycles. The summed E-state index contributed by atoms with van der Waals surface area (Å²) in [6.07, 6.45) is 0. The van der Waals surface area contributed by atoms with Gasteiger partial charge in [0.05, 0.1) is 23.4 Å². The Balaban J connectivity index is 2.01. The largest absolute Gasteiger partial charge is 0.482 e. The summed E-state index contributed by atoms with van der Waals surface area (Å²) in [7, 11) is 1.28. The Bertz CT molecular complexity index is 736. The molecular weight excluding hydrogens is 386 g/mol. The second-order valence-electron chi connectivity index (χ2n) is 4.45. The van der Waals surface area contributed by atoms with Crippen LogP contribution in [0.3, 0.4) is 0 Å². The summed E-state index contributed by atoms with van der Waals surface area (Å²) in [6, 6.07) is 11.6. The predicted octanol–water partition coefficient (Wildman–Crippen LogP) is 3.91. The number of halogens is 2. The van der Waals surface area contributed by atoms with E-state index < -0.39 is 11.9 Å². The zero-order chi connectivity index (χ0) is 16.8. The third-order valence-electron chi connectivity index (χ3n) is 2.86. The molecule has 5 nitrogen and oxygen atoms in total. The molecule has 120 valence electrons. The number of esters is 1. The number of ether oxygens (including phenoxy) is 2. The van der Waals surface area contributed by atoms with Gasteiger partial charge in [-0.1, -0.05) is 39.7 Å². The van der Waals surface area contributed by atoms with Crippen LogP contribution in [-0.4, -0.2) is 25.6 Å². The number of amides is 1. The first kappa shape index (κ1) is 17.3. The van der Waals surface area contributed by atoms with E-state index in [1.165, 1.54) is 7.11 Å². The van der Waals surface area contributed by atoms with E-state index in [4.69, 9.17) is 16.3 Å². The third-order valence-corrected chi connectivity index (χ3v) is 3.65. The summed E-state index contributed by atoms with van der Waals surface area (Å²) in [5.74, 6) is -0.551. The van der Waals surface area contributed by atoms with Crippen molar-refractivity contribution in [1.82, 2.24) is 0 Å². The van der Waals surface area contributed by atoms with Crippen LogP contribution in [-0.2, 0) is 9.53 Å². The van der Waals surface area contributed by atoms with E-state index in [1.807, 2.05) is 0 Å². The van der Waals surface area contributed by atoms with Gasteiger partial charge in [-0.15, -0.1) is 0 Å². The zero-order valence-corrected chi connectivity index (χ0v) is 14.5. The van der Waals surface area contributed by atoms with Crippen LogP contribution in [0.15, 0.2) is 46.9 Å². The Labute approximate surface area is 146 Å². The van der Waals surface area contributed by atoms with Crippen molar-refractivity contribution in [3.63, 3.8) is 0 Å². The van der Waals surface area contributed by atoms with E-state index in [0.717, 1.165) is 4.47 Å². The molecule has 0 fully saturated rings. The summed E-state index contributed by atoms with van der Waals surface area (Å²) >= 11 is 9.30. The molecule has 0 spiro atoms. The van der Waals surface area contributed by atoms with Crippen LogP contribution < -0.4 is 10.1 Å². The molecule has 0 aliphatic carbocycles. The van der Waals surface area contributed by atoms with Gasteiger partial charge in [-0.05, 0) is 30.3 Å². The van der Waals surface area contributed by atoms with Crippen molar-refractivity contribution in [3.05, 3.63) is 57.5 Å². The summed E-state index contributed by atoms with van der Waals surface area (Å²) in [5.41, 5.74) is 0.625. The van der Waals surface area contributed by atoms with Gasteiger partial charge in [0.15, 0.2) is 6.61 Å². The van der Waals surface area contributed by atoms with Crippen LogP contribution in [0, 0.1) is 0 Å². The number of benzene rings is 2. The average Bonchev–Trinajstić information content (AvgIpc) is 2.54. The number of anilines is 1. The highest BCUT2D eigenvalue weighted by Crippen LogP contribution is 2.27. The SMILES string of the molecule is COC(=O)c1ccccc1NC(=O)COc1ccc(Br)cc1Cl. The number of hydrogen-bond donors (Lipinski definition) is 1. The summed E-state index contributed by atoms with van der Waals surface area (Å²) < 4.78 is 10.9.